The van der Waals surface area contributed by atoms with Crippen molar-refractivity contribution < 1.29 is 19.1 Å². The number of benzene rings is 2. The number of rotatable bonds is 7. The zero-order valence-electron chi connectivity index (χ0n) is 16.2. The molecule has 1 amide bonds. The Bertz CT molecular complexity index is 846. The molecule has 1 atom stereocenters. The molecule has 1 aliphatic heterocycles. The van der Waals surface area contributed by atoms with Crippen molar-refractivity contribution in [3.8, 4) is 0 Å². The highest BCUT2D eigenvalue weighted by atomic mass is 32.2. The van der Waals surface area contributed by atoms with Crippen molar-refractivity contribution in [2.45, 2.75) is 37.7 Å². The average Bonchev–Trinajstić information content (AvgIpc) is 3.21. The van der Waals surface area contributed by atoms with E-state index in [-0.39, 0.29) is 18.6 Å². The molecule has 1 aliphatic rings. The Hall–Kier alpha value is -2.31. The van der Waals surface area contributed by atoms with Gasteiger partial charge in [-0.25, -0.2) is 4.79 Å². The highest BCUT2D eigenvalue weighted by Crippen LogP contribution is 2.27. The molecule has 2 aromatic carbocycles. The minimum Gasteiger partial charge on any atom is -0.452 e. The predicted molar refractivity (Wildman–Crippen MR) is 111 cm³/mol. The second-order valence-electron chi connectivity index (χ2n) is 6.88. The van der Waals surface area contributed by atoms with Gasteiger partial charge < -0.3 is 14.8 Å². The second kappa shape index (κ2) is 9.75. The first kappa shape index (κ1) is 20.4. The summed E-state index contributed by atoms with van der Waals surface area (Å²) in [5, 5.41) is 2.80. The number of carbonyl (C=O) groups excluding carboxylic acids is 2. The van der Waals surface area contributed by atoms with Gasteiger partial charge in [-0.3, -0.25) is 4.79 Å². The molecular formula is C22H25NO4S. The molecule has 1 N–H and O–H groups in total. The van der Waals surface area contributed by atoms with Crippen LogP contribution >= 0.6 is 11.8 Å². The molecule has 148 valence electrons. The third-order valence-corrected chi connectivity index (χ3v) is 5.76. The standard InChI is InChI=1S/C22H25NO4S/c1-15-9-10-16(2)19(12-15)23-21(24)13-27-22(25)18-7-3-4-8-20(18)28-14-17-6-5-11-26-17/h3-4,7-10,12,17H,5-6,11,13-14H2,1-2H3,(H,23,24)/t17-/m1/s1. The summed E-state index contributed by atoms with van der Waals surface area (Å²) >= 11 is 1.59. The van der Waals surface area contributed by atoms with E-state index in [2.05, 4.69) is 5.32 Å². The summed E-state index contributed by atoms with van der Waals surface area (Å²) < 4.78 is 10.9. The number of thioether (sulfide) groups is 1. The van der Waals surface area contributed by atoms with E-state index in [4.69, 9.17) is 9.47 Å². The predicted octanol–water partition coefficient (Wildman–Crippen LogP) is 4.37. The lowest BCUT2D eigenvalue weighted by atomic mass is 10.1. The van der Waals surface area contributed by atoms with Gasteiger partial charge in [0, 0.05) is 22.9 Å². The molecule has 0 saturated carbocycles. The monoisotopic (exact) mass is 399 g/mol. The van der Waals surface area contributed by atoms with E-state index in [1.54, 1.807) is 23.9 Å². The first-order valence-corrected chi connectivity index (χ1v) is 10.4. The summed E-state index contributed by atoms with van der Waals surface area (Å²) in [6.45, 7) is 4.37. The van der Waals surface area contributed by atoms with Crippen LogP contribution in [0.4, 0.5) is 5.69 Å². The third-order valence-electron chi connectivity index (χ3n) is 4.56. The maximum Gasteiger partial charge on any atom is 0.339 e. The van der Waals surface area contributed by atoms with Crippen LogP contribution in [-0.2, 0) is 14.3 Å². The van der Waals surface area contributed by atoms with Crippen LogP contribution in [0.2, 0.25) is 0 Å². The number of carbonyl (C=O) groups is 2. The number of esters is 1. The average molecular weight is 400 g/mol. The third kappa shape index (κ3) is 5.59. The van der Waals surface area contributed by atoms with Crippen molar-refractivity contribution in [1.29, 1.82) is 0 Å². The van der Waals surface area contributed by atoms with Crippen LogP contribution in [0.5, 0.6) is 0 Å². The van der Waals surface area contributed by atoms with Gasteiger partial charge in [0.15, 0.2) is 6.61 Å². The number of amides is 1. The highest BCUT2D eigenvalue weighted by molar-refractivity contribution is 7.99. The van der Waals surface area contributed by atoms with Gasteiger partial charge >= 0.3 is 5.97 Å². The fraction of sp³-hybridized carbons (Fsp3) is 0.364. The highest BCUT2D eigenvalue weighted by Gasteiger charge is 2.19. The molecule has 0 aliphatic carbocycles. The molecule has 6 heteroatoms. The van der Waals surface area contributed by atoms with Crippen molar-refractivity contribution in [1.82, 2.24) is 0 Å². The SMILES string of the molecule is Cc1ccc(C)c(NC(=O)COC(=O)c2ccccc2SC[C@H]2CCCO2)c1. The molecule has 1 fully saturated rings. The number of anilines is 1. The van der Waals surface area contributed by atoms with E-state index in [0.717, 1.165) is 46.9 Å². The summed E-state index contributed by atoms with van der Waals surface area (Å²) in [7, 11) is 0. The van der Waals surface area contributed by atoms with E-state index in [1.165, 1.54) is 0 Å². The molecule has 2 aromatic rings. The molecule has 5 nitrogen and oxygen atoms in total. The Morgan fingerprint density at radius 3 is 2.82 bits per heavy atom. The molecule has 28 heavy (non-hydrogen) atoms. The number of hydrogen-bond donors (Lipinski definition) is 1. The molecule has 0 spiro atoms. The Morgan fingerprint density at radius 1 is 1.21 bits per heavy atom. The van der Waals surface area contributed by atoms with E-state index in [0.29, 0.717) is 5.56 Å². The lowest BCUT2D eigenvalue weighted by Gasteiger charge is -2.12. The minimum absolute atomic E-state index is 0.234. The van der Waals surface area contributed by atoms with Gasteiger partial charge in [0.1, 0.15) is 0 Å². The molecule has 1 heterocycles. The van der Waals surface area contributed by atoms with Gasteiger partial charge in [-0.2, -0.15) is 0 Å². The van der Waals surface area contributed by atoms with Crippen LogP contribution in [0.1, 0.15) is 34.3 Å². The van der Waals surface area contributed by atoms with Crippen LogP contribution in [0.3, 0.4) is 0 Å². The summed E-state index contributed by atoms with van der Waals surface area (Å²) in [6.07, 6.45) is 2.38. The Labute approximate surface area is 169 Å². The van der Waals surface area contributed by atoms with Crippen molar-refractivity contribution >= 4 is 29.3 Å². The zero-order valence-corrected chi connectivity index (χ0v) is 17.0. The molecule has 1 saturated heterocycles. The van der Waals surface area contributed by atoms with Gasteiger partial charge in [0.05, 0.1) is 11.7 Å². The lowest BCUT2D eigenvalue weighted by Crippen LogP contribution is -2.21. The summed E-state index contributed by atoms with van der Waals surface area (Å²) in [6, 6.07) is 13.1. The second-order valence-corrected chi connectivity index (χ2v) is 7.95. The van der Waals surface area contributed by atoms with Crippen molar-refractivity contribution in [3.05, 3.63) is 59.2 Å². The van der Waals surface area contributed by atoms with Gasteiger partial charge in [0.25, 0.3) is 5.91 Å². The van der Waals surface area contributed by atoms with Gasteiger partial charge in [-0.15, -0.1) is 11.8 Å². The smallest absolute Gasteiger partial charge is 0.339 e. The zero-order chi connectivity index (χ0) is 19.9. The number of ether oxygens (including phenoxy) is 2. The van der Waals surface area contributed by atoms with Crippen LogP contribution in [0, 0.1) is 13.8 Å². The summed E-state index contributed by atoms with van der Waals surface area (Å²) in [4.78, 5) is 25.5. The quantitative estimate of drug-likeness (QED) is 0.553. The topological polar surface area (TPSA) is 64.6 Å². The van der Waals surface area contributed by atoms with Crippen LogP contribution < -0.4 is 5.32 Å². The Balaban J connectivity index is 1.55. The number of nitrogens with one attached hydrogen (secondary N) is 1. The largest absolute Gasteiger partial charge is 0.452 e. The Morgan fingerprint density at radius 2 is 2.04 bits per heavy atom. The van der Waals surface area contributed by atoms with Gasteiger partial charge in [0.2, 0.25) is 0 Å². The van der Waals surface area contributed by atoms with Crippen LogP contribution in [0.15, 0.2) is 47.4 Å². The van der Waals surface area contributed by atoms with E-state index < -0.39 is 5.97 Å². The Kier molecular flexibility index (Phi) is 7.12. The minimum atomic E-state index is -0.494. The molecular weight excluding hydrogens is 374 g/mol. The van der Waals surface area contributed by atoms with E-state index >= 15 is 0 Å². The van der Waals surface area contributed by atoms with Gasteiger partial charge in [-0.1, -0.05) is 24.3 Å². The molecule has 0 bridgehead atoms. The summed E-state index contributed by atoms with van der Waals surface area (Å²) in [5.74, 6) is -0.0460. The lowest BCUT2D eigenvalue weighted by molar-refractivity contribution is -0.119. The first-order valence-electron chi connectivity index (χ1n) is 9.40. The van der Waals surface area contributed by atoms with Crippen LogP contribution in [-0.4, -0.2) is 36.9 Å². The van der Waals surface area contributed by atoms with Crippen molar-refractivity contribution in [2.24, 2.45) is 0 Å². The molecule has 0 unspecified atom stereocenters. The maximum atomic E-state index is 12.5. The summed E-state index contributed by atoms with van der Waals surface area (Å²) in [5.41, 5.74) is 3.22. The number of aryl methyl sites for hydroxylation is 2. The normalized spacial score (nSPS) is 16.0. The van der Waals surface area contributed by atoms with E-state index in [9.17, 15) is 9.59 Å². The maximum absolute atomic E-state index is 12.5. The van der Waals surface area contributed by atoms with Crippen LogP contribution in [0.25, 0.3) is 0 Å². The van der Waals surface area contributed by atoms with Crippen molar-refractivity contribution in [2.75, 3.05) is 24.3 Å². The molecule has 3 rings (SSSR count). The first-order chi connectivity index (χ1) is 13.5. The van der Waals surface area contributed by atoms with Gasteiger partial charge in [-0.05, 0) is 56.0 Å². The van der Waals surface area contributed by atoms with Crippen molar-refractivity contribution in [3.63, 3.8) is 0 Å². The number of hydrogen-bond acceptors (Lipinski definition) is 5. The molecule has 0 radical (unpaired) electrons. The molecule has 0 aromatic heterocycles. The fourth-order valence-corrected chi connectivity index (χ4v) is 4.10. The van der Waals surface area contributed by atoms with E-state index in [1.807, 2.05) is 44.2 Å². The fourth-order valence-electron chi connectivity index (χ4n) is 2.99.